The monoisotopic (exact) mass is 224 g/mol. The molecule has 1 aromatic rings. The molecule has 0 bridgehead atoms. The molecule has 0 radical (unpaired) electrons. The summed E-state index contributed by atoms with van der Waals surface area (Å²) in [6.07, 6.45) is 3.93. The Morgan fingerprint density at radius 2 is 2.20 bits per heavy atom. The Kier molecular flexibility index (Phi) is 5.97. The molecule has 0 fully saturated rings. The van der Waals surface area contributed by atoms with Gasteiger partial charge in [-0.1, -0.05) is 24.3 Å². The third kappa shape index (κ3) is 4.91. The molecule has 0 unspecified atom stereocenters. The van der Waals surface area contributed by atoms with Crippen molar-refractivity contribution in [2.45, 2.75) is 6.61 Å². The molecule has 0 aromatic heterocycles. The first-order valence-corrected chi connectivity index (χ1v) is 5.46. The normalized spacial score (nSPS) is 10.8. The molecule has 1 rings (SSSR count). The Labute approximate surface area is 96.3 Å². The fourth-order valence-electron chi connectivity index (χ4n) is 1.15. The molecule has 15 heavy (non-hydrogen) atoms. The first kappa shape index (κ1) is 12.1. The molecule has 82 valence electrons. The second-order valence-electron chi connectivity index (χ2n) is 3.02. The van der Waals surface area contributed by atoms with Crippen molar-refractivity contribution in [3.63, 3.8) is 0 Å². The zero-order valence-corrected chi connectivity index (χ0v) is 9.74. The van der Waals surface area contributed by atoms with Crippen molar-refractivity contribution >= 4 is 12.6 Å². The number of benzene rings is 1. The Morgan fingerprint density at radius 1 is 1.33 bits per heavy atom. The number of ether oxygens (including phenoxy) is 2. The zero-order valence-electron chi connectivity index (χ0n) is 8.85. The zero-order chi connectivity index (χ0) is 10.9. The van der Waals surface area contributed by atoms with Crippen LogP contribution < -0.4 is 4.74 Å². The van der Waals surface area contributed by atoms with Crippen molar-refractivity contribution in [2.75, 3.05) is 19.5 Å². The van der Waals surface area contributed by atoms with Crippen LogP contribution in [-0.2, 0) is 11.3 Å². The van der Waals surface area contributed by atoms with Gasteiger partial charge < -0.3 is 9.47 Å². The van der Waals surface area contributed by atoms with Gasteiger partial charge in [-0.05, 0) is 17.7 Å². The van der Waals surface area contributed by atoms with Gasteiger partial charge in [0.25, 0.3) is 0 Å². The SMILES string of the molecule is COc1cccc(COCC=CCS)c1. The smallest absolute Gasteiger partial charge is 0.119 e. The van der Waals surface area contributed by atoms with Gasteiger partial charge in [0.15, 0.2) is 0 Å². The summed E-state index contributed by atoms with van der Waals surface area (Å²) in [7, 11) is 1.66. The number of hydrogen-bond donors (Lipinski definition) is 1. The minimum absolute atomic E-state index is 0.605. The van der Waals surface area contributed by atoms with Gasteiger partial charge in [0, 0.05) is 5.75 Å². The maximum absolute atomic E-state index is 5.44. The van der Waals surface area contributed by atoms with E-state index in [0.717, 1.165) is 17.1 Å². The van der Waals surface area contributed by atoms with Crippen molar-refractivity contribution in [1.29, 1.82) is 0 Å². The molecule has 0 saturated carbocycles. The quantitative estimate of drug-likeness (QED) is 0.455. The first-order valence-electron chi connectivity index (χ1n) is 4.83. The number of methoxy groups -OCH3 is 1. The van der Waals surface area contributed by atoms with Crippen LogP contribution in [0.3, 0.4) is 0 Å². The van der Waals surface area contributed by atoms with Crippen LogP contribution in [0.1, 0.15) is 5.56 Å². The van der Waals surface area contributed by atoms with E-state index >= 15 is 0 Å². The van der Waals surface area contributed by atoms with Crippen molar-refractivity contribution < 1.29 is 9.47 Å². The molecule has 3 heteroatoms. The summed E-state index contributed by atoms with van der Waals surface area (Å²) in [4.78, 5) is 0. The van der Waals surface area contributed by atoms with E-state index in [1.54, 1.807) is 7.11 Å². The van der Waals surface area contributed by atoms with Crippen LogP contribution in [-0.4, -0.2) is 19.5 Å². The predicted octanol–water partition coefficient (Wildman–Crippen LogP) is 2.70. The fraction of sp³-hybridized carbons (Fsp3) is 0.333. The van der Waals surface area contributed by atoms with Crippen LogP contribution in [0, 0.1) is 0 Å². The number of hydrogen-bond acceptors (Lipinski definition) is 3. The summed E-state index contributed by atoms with van der Waals surface area (Å²) in [6.45, 7) is 1.23. The van der Waals surface area contributed by atoms with Crippen molar-refractivity contribution in [2.24, 2.45) is 0 Å². The minimum atomic E-state index is 0.605. The van der Waals surface area contributed by atoms with Crippen molar-refractivity contribution in [1.82, 2.24) is 0 Å². The molecule has 2 nitrogen and oxygen atoms in total. The number of thiol groups is 1. The highest BCUT2D eigenvalue weighted by Crippen LogP contribution is 2.12. The summed E-state index contributed by atoms with van der Waals surface area (Å²) < 4.78 is 10.6. The highest BCUT2D eigenvalue weighted by Gasteiger charge is 1.94. The highest BCUT2D eigenvalue weighted by molar-refractivity contribution is 7.80. The molecule has 0 spiro atoms. The van der Waals surface area contributed by atoms with Gasteiger partial charge in [0.2, 0.25) is 0 Å². The molecule has 0 aliphatic carbocycles. The molecule has 0 saturated heterocycles. The Hall–Kier alpha value is -0.930. The average Bonchev–Trinajstić information content (AvgIpc) is 2.29. The Bertz CT molecular complexity index is 310. The summed E-state index contributed by atoms with van der Waals surface area (Å²) in [5.74, 6) is 1.62. The van der Waals surface area contributed by atoms with Crippen LogP contribution in [0.2, 0.25) is 0 Å². The molecule has 0 aliphatic rings. The van der Waals surface area contributed by atoms with E-state index in [2.05, 4.69) is 12.6 Å². The second kappa shape index (κ2) is 7.37. The molecule has 0 amide bonds. The van der Waals surface area contributed by atoms with Crippen LogP contribution in [0.15, 0.2) is 36.4 Å². The largest absolute Gasteiger partial charge is 0.497 e. The van der Waals surface area contributed by atoms with E-state index in [1.807, 2.05) is 36.4 Å². The van der Waals surface area contributed by atoms with E-state index in [9.17, 15) is 0 Å². The van der Waals surface area contributed by atoms with E-state index in [0.29, 0.717) is 13.2 Å². The lowest BCUT2D eigenvalue weighted by Crippen LogP contribution is -1.93. The molecular weight excluding hydrogens is 208 g/mol. The van der Waals surface area contributed by atoms with Gasteiger partial charge >= 0.3 is 0 Å². The Balaban J connectivity index is 2.33. The number of rotatable bonds is 6. The fourth-order valence-corrected chi connectivity index (χ4v) is 1.30. The highest BCUT2D eigenvalue weighted by atomic mass is 32.1. The molecule has 0 N–H and O–H groups in total. The standard InChI is InChI=1S/C12H16O2S/c1-13-12-6-4-5-11(9-12)10-14-7-2-3-8-15/h2-6,9,15H,7-8,10H2,1H3. The lowest BCUT2D eigenvalue weighted by atomic mass is 10.2. The predicted molar refractivity (Wildman–Crippen MR) is 65.6 cm³/mol. The maximum atomic E-state index is 5.44. The van der Waals surface area contributed by atoms with Gasteiger partial charge in [0.05, 0.1) is 20.3 Å². The van der Waals surface area contributed by atoms with Crippen LogP contribution in [0.25, 0.3) is 0 Å². The lowest BCUT2D eigenvalue weighted by molar-refractivity contribution is 0.148. The van der Waals surface area contributed by atoms with E-state index in [4.69, 9.17) is 9.47 Å². The summed E-state index contributed by atoms with van der Waals surface area (Å²) in [5, 5.41) is 0. The molecule has 0 aliphatic heterocycles. The molecule has 1 aromatic carbocycles. The lowest BCUT2D eigenvalue weighted by Gasteiger charge is -2.04. The van der Waals surface area contributed by atoms with Crippen molar-refractivity contribution in [3.8, 4) is 5.75 Å². The molecule has 0 heterocycles. The minimum Gasteiger partial charge on any atom is -0.497 e. The van der Waals surface area contributed by atoms with E-state index in [1.165, 1.54) is 0 Å². The maximum Gasteiger partial charge on any atom is 0.119 e. The van der Waals surface area contributed by atoms with Crippen molar-refractivity contribution in [3.05, 3.63) is 42.0 Å². The third-order valence-electron chi connectivity index (χ3n) is 1.89. The van der Waals surface area contributed by atoms with Crippen LogP contribution >= 0.6 is 12.6 Å². The summed E-state index contributed by atoms with van der Waals surface area (Å²) in [5.41, 5.74) is 1.12. The molecular formula is C12H16O2S. The summed E-state index contributed by atoms with van der Waals surface area (Å²) in [6, 6.07) is 7.87. The topological polar surface area (TPSA) is 18.5 Å². The van der Waals surface area contributed by atoms with Gasteiger partial charge in [-0.25, -0.2) is 0 Å². The van der Waals surface area contributed by atoms with Gasteiger partial charge in [-0.2, -0.15) is 12.6 Å². The average molecular weight is 224 g/mol. The van der Waals surface area contributed by atoms with Gasteiger partial charge in [-0.3, -0.25) is 0 Å². The molecule has 0 atom stereocenters. The first-order chi connectivity index (χ1) is 7.36. The van der Waals surface area contributed by atoms with E-state index < -0.39 is 0 Å². The van der Waals surface area contributed by atoms with Crippen LogP contribution in [0.5, 0.6) is 5.75 Å². The van der Waals surface area contributed by atoms with E-state index in [-0.39, 0.29) is 0 Å². The van der Waals surface area contributed by atoms with Crippen LogP contribution in [0.4, 0.5) is 0 Å². The Morgan fingerprint density at radius 3 is 2.93 bits per heavy atom. The summed E-state index contributed by atoms with van der Waals surface area (Å²) >= 11 is 4.06. The second-order valence-corrected chi connectivity index (χ2v) is 3.39. The van der Waals surface area contributed by atoms with Gasteiger partial charge in [0.1, 0.15) is 5.75 Å². The third-order valence-corrected chi connectivity index (χ3v) is 2.10. The van der Waals surface area contributed by atoms with Gasteiger partial charge in [-0.15, -0.1) is 0 Å².